The van der Waals surface area contributed by atoms with Gasteiger partial charge in [-0.25, -0.2) is 13.1 Å². The summed E-state index contributed by atoms with van der Waals surface area (Å²) in [7, 11) is -0.106. The molecule has 28 heavy (non-hydrogen) atoms. The van der Waals surface area contributed by atoms with Crippen LogP contribution < -0.4 is 15.4 Å². The van der Waals surface area contributed by atoms with E-state index in [-0.39, 0.29) is 47.9 Å². The normalized spacial score (nSPS) is 12.9. The molecule has 1 atom stereocenters. The Balaban J connectivity index is 0.00000392. The van der Waals surface area contributed by atoms with Crippen molar-refractivity contribution in [3.05, 3.63) is 54.4 Å². The van der Waals surface area contributed by atoms with Crippen LogP contribution in [0.3, 0.4) is 0 Å². The van der Waals surface area contributed by atoms with E-state index in [1.54, 1.807) is 37.1 Å². The van der Waals surface area contributed by atoms with Gasteiger partial charge in [0.2, 0.25) is 10.0 Å². The van der Waals surface area contributed by atoms with Gasteiger partial charge in [0.25, 0.3) is 0 Å². The summed E-state index contributed by atoms with van der Waals surface area (Å²) in [6.45, 7) is 1.13. The summed E-state index contributed by atoms with van der Waals surface area (Å²) in [4.78, 5) is 4.35. The number of guanidine groups is 1. The molecule has 4 N–H and O–H groups in total. The molecule has 1 unspecified atom stereocenters. The summed E-state index contributed by atoms with van der Waals surface area (Å²) in [5, 5.41) is 15.8. The Labute approximate surface area is 183 Å². The topological polar surface area (TPSA) is 108 Å². The first kappa shape index (κ1) is 24.4. The van der Waals surface area contributed by atoms with Crippen LogP contribution >= 0.6 is 24.0 Å². The van der Waals surface area contributed by atoms with E-state index in [1.807, 2.05) is 30.3 Å². The van der Waals surface area contributed by atoms with E-state index < -0.39 is 10.0 Å². The second-order valence-corrected chi connectivity index (χ2v) is 7.85. The van der Waals surface area contributed by atoms with Crippen molar-refractivity contribution in [3.63, 3.8) is 0 Å². The zero-order valence-electron chi connectivity index (χ0n) is 16.0. The number of halogens is 1. The molecule has 0 saturated carbocycles. The first-order valence-corrected chi connectivity index (χ1v) is 10.2. The maximum absolute atomic E-state index is 12.1. The number of sulfonamides is 1. The molecule has 0 saturated heterocycles. The number of aliphatic hydroxyl groups is 1. The minimum atomic E-state index is -3.51. The third-order valence-corrected chi connectivity index (χ3v) is 5.50. The molecule has 0 radical (unpaired) electrons. The van der Waals surface area contributed by atoms with Crippen LogP contribution in [0, 0.1) is 0 Å². The average Bonchev–Trinajstić information content (AvgIpc) is 3.12. The number of nitrogens with zero attached hydrogens (tertiary/aromatic N) is 2. The Morgan fingerprint density at radius 3 is 2.46 bits per heavy atom. The molecule has 0 aliphatic rings. The smallest absolute Gasteiger partial charge is 0.242 e. The summed E-state index contributed by atoms with van der Waals surface area (Å²) in [5.41, 5.74) is 1.04. The van der Waals surface area contributed by atoms with Crippen molar-refractivity contribution in [3.8, 4) is 0 Å². The number of aromatic nitrogens is 1. The van der Waals surface area contributed by atoms with Gasteiger partial charge in [0, 0.05) is 52.0 Å². The van der Waals surface area contributed by atoms with Crippen molar-refractivity contribution in [1.29, 1.82) is 0 Å². The molecule has 8 nitrogen and oxygen atoms in total. The number of aliphatic hydroxyl groups excluding tert-OH is 1. The number of aliphatic imine (C=N–C) groups is 1. The van der Waals surface area contributed by atoms with Gasteiger partial charge >= 0.3 is 0 Å². The molecule has 0 aliphatic heterocycles. The summed E-state index contributed by atoms with van der Waals surface area (Å²) < 4.78 is 28.5. The lowest BCUT2D eigenvalue weighted by molar-refractivity contribution is 0.265. The standard InChI is InChI=1S/C18H27N5O3S.HI/c1-19-18(21-12-16(14-24)15-6-4-3-5-7-15)20-9-10-22-27(25,26)17-8-11-23(2)13-17;/h3-8,11,13,16,22,24H,9-10,12,14H2,1-2H3,(H2,19,20,21);1H. The number of nitrogens with one attached hydrogen (secondary N) is 3. The zero-order valence-corrected chi connectivity index (χ0v) is 19.1. The van der Waals surface area contributed by atoms with Gasteiger partial charge in [-0.1, -0.05) is 30.3 Å². The summed E-state index contributed by atoms with van der Waals surface area (Å²) >= 11 is 0. The molecular weight excluding hydrogens is 493 g/mol. The van der Waals surface area contributed by atoms with Crippen LogP contribution in [-0.4, -0.2) is 57.3 Å². The average molecular weight is 521 g/mol. The molecule has 0 bridgehead atoms. The van der Waals surface area contributed by atoms with Crippen molar-refractivity contribution in [1.82, 2.24) is 19.9 Å². The third kappa shape index (κ3) is 7.41. The third-order valence-electron chi connectivity index (χ3n) is 4.06. The Kier molecular flexibility index (Phi) is 10.5. The summed E-state index contributed by atoms with van der Waals surface area (Å²) in [5.74, 6) is 0.490. The first-order chi connectivity index (χ1) is 13.0. The van der Waals surface area contributed by atoms with Crippen LogP contribution in [0.4, 0.5) is 0 Å². The summed E-state index contributed by atoms with van der Waals surface area (Å²) in [6, 6.07) is 11.3. The Morgan fingerprint density at radius 1 is 1.18 bits per heavy atom. The molecule has 0 fully saturated rings. The van der Waals surface area contributed by atoms with Gasteiger partial charge < -0.3 is 20.3 Å². The number of aryl methyl sites for hydroxylation is 1. The molecule has 2 aromatic rings. The lowest BCUT2D eigenvalue weighted by atomic mass is 10.0. The molecule has 1 aromatic carbocycles. The van der Waals surface area contributed by atoms with E-state index >= 15 is 0 Å². The zero-order chi connectivity index (χ0) is 19.7. The quantitative estimate of drug-likeness (QED) is 0.170. The van der Waals surface area contributed by atoms with Gasteiger partial charge in [-0.3, -0.25) is 4.99 Å². The Bertz CT molecular complexity index is 840. The van der Waals surface area contributed by atoms with Crippen molar-refractivity contribution in [2.75, 3.05) is 33.3 Å². The molecular formula is C18H28IN5O3S. The fraction of sp³-hybridized carbons (Fsp3) is 0.389. The van der Waals surface area contributed by atoms with Crippen LogP contribution in [0.2, 0.25) is 0 Å². The fourth-order valence-electron chi connectivity index (χ4n) is 2.54. The maximum Gasteiger partial charge on any atom is 0.242 e. The van der Waals surface area contributed by atoms with Crippen molar-refractivity contribution >= 4 is 40.0 Å². The van der Waals surface area contributed by atoms with Crippen LogP contribution in [0.1, 0.15) is 11.5 Å². The highest BCUT2D eigenvalue weighted by Gasteiger charge is 2.14. The highest BCUT2D eigenvalue weighted by Crippen LogP contribution is 2.13. The molecule has 1 aromatic heterocycles. The van der Waals surface area contributed by atoms with Crippen molar-refractivity contribution < 1.29 is 13.5 Å². The van der Waals surface area contributed by atoms with Gasteiger partial charge in [-0.05, 0) is 11.6 Å². The number of benzene rings is 1. The predicted molar refractivity (Wildman–Crippen MR) is 122 cm³/mol. The van der Waals surface area contributed by atoms with Crippen molar-refractivity contribution in [2.24, 2.45) is 12.0 Å². The Morgan fingerprint density at radius 2 is 1.89 bits per heavy atom. The van der Waals surface area contributed by atoms with Gasteiger partial charge in [0.15, 0.2) is 5.96 Å². The van der Waals surface area contributed by atoms with Crippen LogP contribution in [-0.2, 0) is 17.1 Å². The van der Waals surface area contributed by atoms with Crippen LogP contribution in [0.5, 0.6) is 0 Å². The van der Waals surface area contributed by atoms with E-state index in [2.05, 4.69) is 20.3 Å². The fourth-order valence-corrected chi connectivity index (χ4v) is 3.62. The maximum atomic E-state index is 12.1. The van der Waals surface area contributed by atoms with Gasteiger partial charge in [0.1, 0.15) is 0 Å². The molecule has 0 aliphatic carbocycles. The van der Waals surface area contributed by atoms with Crippen molar-refractivity contribution in [2.45, 2.75) is 10.8 Å². The lowest BCUT2D eigenvalue weighted by Crippen LogP contribution is -2.43. The van der Waals surface area contributed by atoms with E-state index in [4.69, 9.17) is 0 Å². The molecule has 156 valence electrons. The first-order valence-electron chi connectivity index (χ1n) is 8.68. The Hall–Kier alpha value is -1.63. The SMILES string of the molecule is CN=C(NCCNS(=O)(=O)c1ccn(C)c1)NCC(CO)c1ccccc1.I. The molecule has 2 rings (SSSR count). The molecule has 1 heterocycles. The van der Waals surface area contributed by atoms with E-state index in [0.29, 0.717) is 19.0 Å². The highest BCUT2D eigenvalue weighted by molar-refractivity contribution is 14.0. The lowest BCUT2D eigenvalue weighted by Gasteiger charge is -2.18. The van der Waals surface area contributed by atoms with Gasteiger partial charge in [-0.2, -0.15) is 0 Å². The van der Waals surface area contributed by atoms with Gasteiger partial charge in [0.05, 0.1) is 11.5 Å². The second-order valence-electron chi connectivity index (χ2n) is 6.08. The number of hydrogen-bond acceptors (Lipinski definition) is 4. The van der Waals surface area contributed by atoms with E-state index in [9.17, 15) is 13.5 Å². The minimum Gasteiger partial charge on any atom is -0.396 e. The summed E-state index contributed by atoms with van der Waals surface area (Å²) in [6.07, 6.45) is 3.23. The second kappa shape index (κ2) is 12.0. The van der Waals surface area contributed by atoms with E-state index in [1.165, 1.54) is 0 Å². The van der Waals surface area contributed by atoms with Crippen LogP contribution in [0.25, 0.3) is 0 Å². The van der Waals surface area contributed by atoms with E-state index in [0.717, 1.165) is 5.56 Å². The molecule has 10 heteroatoms. The predicted octanol–water partition coefficient (Wildman–Crippen LogP) is 0.863. The number of rotatable bonds is 9. The molecule has 0 amide bonds. The number of hydrogen-bond donors (Lipinski definition) is 4. The van der Waals surface area contributed by atoms with Crippen LogP contribution in [0.15, 0.2) is 58.7 Å². The van der Waals surface area contributed by atoms with Gasteiger partial charge in [-0.15, -0.1) is 24.0 Å². The molecule has 0 spiro atoms. The monoisotopic (exact) mass is 521 g/mol. The minimum absolute atomic E-state index is 0. The highest BCUT2D eigenvalue weighted by atomic mass is 127. The largest absolute Gasteiger partial charge is 0.396 e.